The van der Waals surface area contributed by atoms with Crippen LogP contribution in [0.4, 0.5) is 8.78 Å². The largest absolute Gasteiger partial charge is 0.433 e. The quantitative estimate of drug-likeness (QED) is 0.820. The maximum atomic E-state index is 12.3. The summed E-state index contributed by atoms with van der Waals surface area (Å²) in [5.74, 6) is -0.290. The fourth-order valence-electron chi connectivity index (χ4n) is 1.67. The van der Waals surface area contributed by atoms with Crippen LogP contribution in [-0.4, -0.2) is 27.6 Å². The molecular weight excluding hydrogens is 338 g/mol. The van der Waals surface area contributed by atoms with Crippen LogP contribution in [0.2, 0.25) is 5.02 Å². The van der Waals surface area contributed by atoms with E-state index in [1.54, 1.807) is 0 Å². The van der Waals surface area contributed by atoms with Crippen molar-refractivity contribution in [1.29, 1.82) is 0 Å². The highest BCUT2D eigenvalue weighted by Gasteiger charge is 2.29. The van der Waals surface area contributed by atoms with Crippen LogP contribution in [0.3, 0.4) is 0 Å². The average molecular weight is 357 g/mol. The molecule has 0 aliphatic rings. The van der Waals surface area contributed by atoms with Crippen molar-refractivity contribution >= 4 is 21.6 Å². The van der Waals surface area contributed by atoms with E-state index in [-0.39, 0.29) is 27.6 Å². The van der Waals surface area contributed by atoms with Crippen molar-refractivity contribution in [3.8, 4) is 5.75 Å². The highest BCUT2D eigenvalue weighted by molar-refractivity contribution is 7.89. The zero-order valence-corrected chi connectivity index (χ0v) is 14.0. The number of benzene rings is 1. The van der Waals surface area contributed by atoms with Gasteiger partial charge in [0.1, 0.15) is 5.75 Å². The van der Waals surface area contributed by atoms with Gasteiger partial charge in [-0.25, -0.2) is 13.1 Å². The van der Waals surface area contributed by atoms with Gasteiger partial charge >= 0.3 is 6.61 Å². The lowest BCUT2D eigenvalue weighted by molar-refractivity contribution is -0.0498. The number of hydrogen-bond acceptors (Lipinski definition) is 4. The van der Waals surface area contributed by atoms with E-state index < -0.39 is 22.7 Å². The number of ether oxygens (including phenoxy) is 1. The lowest BCUT2D eigenvalue weighted by Gasteiger charge is -2.30. The maximum Gasteiger partial charge on any atom is 0.387 e. The fraction of sp³-hybridized carbons (Fsp3) is 0.538. The molecule has 1 atom stereocenters. The van der Waals surface area contributed by atoms with Crippen LogP contribution in [0.15, 0.2) is 23.1 Å². The second kappa shape index (κ2) is 7.08. The van der Waals surface area contributed by atoms with E-state index in [4.69, 9.17) is 17.3 Å². The van der Waals surface area contributed by atoms with Gasteiger partial charge in [-0.3, -0.25) is 0 Å². The minimum atomic E-state index is -3.88. The smallest absolute Gasteiger partial charge is 0.387 e. The van der Waals surface area contributed by atoms with Crippen molar-refractivity contribution in [2.24, 2.45) is 11.1 Å². The van der Waals surface area contributed by atoms with E-state index in [0.717, 1.165) is 18.2 Å². The standard InChI is InChI=1S/C13H19ClF2N2O3S/c1-13(2,3)11(7-17)18-22(19,20)8-4-5-10(9(14)6-8)21-12(15)16/h4-6,11-12,18H,7,17H2,1-3H3. The molecule has 0 aliphatic heterocycles. The summed E-state index contributed by atoms with van der Waals surface area (Å²) < 4.78 is 55.6. The Morgan fingerprint density at radius 2 is 1.95 bits per heavy atom. The van der Waals surface area contributed by atoms with E-state index in [2.05, 4.69) is 9.46 Å². The minimum absolute atomic E-state index is 0.114. The van der Waals surface area contributed by atoms with E-state index >= 15 is 0 Å². The van der Waals surface area contributed by atoms with Gasteiger partial charge in [-0.05, 0) is 23.6 Å². The summed E-state index contributed by atoms with van der Waals surface area (Å²) in [4.78, 5) is -0.151. The molecule has 0 aromatic heterocycles. The van der Waals surface area contributed by atoms with Gasteiger partial charge in [0.15, 0.2) is 0 Å². The van der Waals surface area contributed by atoms with E-state index in [1.807, 2.05) is 20.8 Å². The van der Waals surface area contributed by atoms with E-state index in [9.17, 15) is 17.2 Å². The summed E-state index contributed by atoms with van der Waals surface area (Å²) in [5.41, 5.74) is 5.21. The first-order chi connectivity index (χ1) is 9.97. The zero-order valence-electron chi connectivity index (χ0n) is 12.4. The molecule has 0 radical (unpaired) electrons. The van der Waals surface area contributed by atoms with Gasteiger partial charge in [-0.15, -0.1) is 0 Å². The Kier molecular flexibility index (Phi) is 6.14. The maximum absolute atomic E-state index is 12.3. The normalized spacial score (nSPS) is 14.2. The van der Waals surface area contributed by atoms with Crippen LogP contribution < -0.4 is 15.2 Å². The summed E-state index contributed by atoms with van der Waals surface area (Å²) in [6, 6.07) is 2.78. The molecule has 0 saturated carbocycles. The molecule has 5 nitrogen and oxygen atoms in total. The molecule has 1 aromatic carbocycles. The first-order valence-corrected chi connectivity index (χ1v) is 8.30. The molecule has 0 aliphatic carbocycles. The van der Waals surface area contributed by atoms with Crippen molar-refractivity contribution in [1.82, 2.24) is 4.72 Å². The second-order valence-corrected chi connectivity index (χ2v) is 7.87. The van der Waals surface area contributed by atoms with Gasteiger partial charge in [-0.1, -0.05) is 32.4 Å². The number of alkyl halides is 2. The van der Waals surface area contributed by atoms with Crippen LogP contribution in [0.25, 0.3) is 0 Å². The van der Waals surface area contributed by atoms with Gasteiger partial charge in [0.05, 0.1) is 9.92 Å². The molecule has 0 fully saturated rings. The van der Waals surface area contributed by atoms with Crippen molar-refractivity contribution in [2.45, 2.75) is 38.3 Å². The van der Waals surface area contributed by atoms with Gasteiger partial charge in [0.25, 0.3) is 0 Å². The number of nitrogens with one attached hydrogen (secondary N) is 1. The number of halogens is 3. The van der Waals surface area contributed by atoms with Crippen LogP contribution in [0, 0.1) is 5.41 Å². The minimum Gasteiger partial charge on any atom is -0.433 e. The molecule has 0 heterocycles. The Morgan fingerprint density at radius 3 is 2.36 bits per heavy atom. The number of rotatable bonds is 6. The first-order valence-electron chi connectivity index (χ1n) is 6.44. The first kappa shape index (κ1) is 19.1. The molecule has 22 heavy (non-hydrogen) atoms. The van der Waals surface area contributed by atoms with E-state index in [0.29, 0.717) is 0 Å². The summed E-state index contributed by atoms with van der Waals surface area (Å²) in [6.45, 7) is 2.61. The Balaban J connectivity index is 3.06. The Morgan fingerprint density at radius 1 is 1.36 bits per heavy atom. The zero-order chi connectivity index (χ0) is 17.1. The predicted molar refractivity (Wildman–Crippen MR) is 80.7 cm³/mol. The van der Waals surface area contributed by atoms with Crippen molar-refractivity contribution < 1.29 is 21.9 Å². The SMILES string of the molecule is CC(C)(C)C(CN)NS(=O)(=O)c1ccc(OC(F)F)c(Cl)c1. The third kappa shape index (κ3) is 5.05. The summed E-state index contributed by atoms with van der Waals surface area (Å²) >= 11 is 5.76. The van der Waals surface area contributed by atoms with Crippen molar-refractivity contribution in [2.75, 3.05) is 6.54 Å². The lowest BCUT2D eigenvalue weighted by atomic mass is 9.88. The predicted octanol–water partition coefficient (Wildman–Crippen LogP) is 2.59. The highest BCUT2D eigenvalue weighted by Crippen LogP contribution is 2.29. The third-order valence-electron chi connectivity index (χ3n) is 3.01. The van der Waals surface area contributed by atoms with Crippen LogP contribution in [0.5, 0.6) is 5.75 Å². The van der Waals surface area contributed by atoms with Crippen molar-refractivity contribution in [3.63, 3.8) is 0 Å². The highest BCUT2D eigenvalue weighted by atomic mass is 35.5. The van der Waals surface area contributed by atoms with Crippen LogP contribution in [-0.2, 0) is 10.0 Å². The molecular formula is C13H19ClF2N2O3S. The molecule has 0 saturated heterocycles. The van der Waals surface area contributed by atoms with Gasteiger partial charge in [0.2, 0.25) is 10.0 Å². The molecule has 1 unspecified atom stereocenters. The molecule has 3 N–H and O–H groups in total. The van der Waals surface area contributed by atoms with E-state index in [1.165, 1.54) is 0 Å². The number of hydrogen-bond donors (Lipinski definition) is 2. The van der Waals surface area contributed by atoms with Gasteiger partial charge in [0, 0.05) is 12.6 Å². The molecule has 1 rings (SSSR count). The Hall–Kier alpha value is -0.960. The molecule has 0 bridgehead atoms. The lowest BCUT2D eigenvalue weighted by Crippen LogP contribution is -2.48. The third-order valence-corrected chi connectivity index (χ3v) is 4.77. The van der Waals surface area contributed by atoms with Crippen molar-refractivity contribution in [3.05, 3.63) is 23.2 Å². The Labute approximate surface area is 133 Å². The monoisotopic (exact) mass is 356 g/mol. The summed E-state index contributed by atoms with van der Waals surface area (Å²) in [7, 11) is -3.88. The molecule has 1 aromatic rings. The molecule has 9 heteroatoms. The topological polar surface area (TPSA) is 81.4 Å². The van der Waals surface area contributed by atoms with Gasteiger partial charge < -0.3 is 10.5 Å². The summed E-state index contributed by atoms with van der Waals surface area (Å²) in [5, 5.41) is -0.219. The fourth-order valence-corrected chi connectivity index (χ4v) is 3.44. The second-order valence-electron chi connectivity index (χ2n) is 5.75. The Bertz CT molecular complexity index is 618. The number of nitrogens with two attached hydrogens (primary N) is 1. The molecule has 126 valence electrons. The average Bonchev–Trinajstić information content (AvgIpc) is 2.36. The van der Waals surface area contributed by atoms with Gasteiger partial charge in [-0.2, -0.15) is 8.78 Å². The van der Waals surface area contributed by atoms with Crippen LogP contribution in [0.1, 0.15) is 20.8 Å². The number of sulfonamides is 1. The molecule has 0 spiro atoms. The summed E-state index contributed by atoms with van der Waals surface area (Å²) in [6.07, 6.45) is 0. The van der Waals surface area contributed by atoms with Crippen LogP contribution >= 0.6 is 11.6 Å². The molecule has 0 amide bonds.